The molecule has 0 fully saturated rings. The molecule has 0 saturated carbocycles. The van der Waals surface area contributed by atoms with Crippen LogP contribution in [0.25, 0.3) is 17.0 Å². The van der Waals surface area contributed by atoms with Crippen LogP contribution < -0.4 is 20.3 Å². The standard InChI is InChI=1S/C21H17N5O4S/c1-12-4-2-3-5-14(12)22-19(28)10-31-21-24-20(23-17-9-18(27)25-26(17)21)13-6-7-15-16(8-13)30-11-29-15/h2-9H,10-11H2,1H3,(H,22,28)(H,25,27). The monoisotopic (exact) mass is 435 g/mol. The van der Waals surface area contributed by atoms with E-state index in [-0.39, 0.29) is 24.0 Å². The number of thioether (sulfide) groups is 1. The van der Waals surface area contributed by atoms with Crippen LogP contribution in [0.3, 0.4) is 0 Å². The summed E-state index contributed by atoms with van der Waals surface area (Å²) in [5.41, 5.74) is 2.56. The van der Waals surface area contributed by atoms with Gasteiger partial charge in [-0.2, -0.15) is 0 Å². The van der Waals surface area contributed by atoms with Gasteiger partial charge < -0.3 is 14.8 Å². The second-order valence-electron chi connectivity index (χ2n) is 6.86. The van der Waals surface area contributed by atoms with Crippen molar-refractivity contribution < 1.29 is 14.3 Å². The van der Waals surface area contributed by atoms with E-state index < -0.39 is 0 Å². The second-order valence-corrected chi connectivity index (χ2v) is 7.81. The van der Waals surface area contributed by atoms with Gasteiger partial charge in [0.05, 0.1) is 5.75 Å². The number of anilines is 1. The summed E-state index contributed by atoms with van der Waals surface area (Å²) in [6, 6.07) is 14.3. The van der Waals surface area contributed by atoms with Crippen LogP contribution in [0.15, 0.2) is 58.5 Å². The molecule has 0 spiro atoms. The predicted molar refractivity (Wildman–Crippen MR) is 116 cm³/mol. The van der Waals surface area contributed by atoms with Crippen molar-refractivity contribution in [1.82, 2.24) is 19.6 Å². The minimum Gasteiger partial charge on any atom is -0.454 e. The number of para-hydroxylation sites is 1. The van der Waals surface area contributed by atoms with E-state index in [2.05, 4.69) is 20.4 Å². The molecule has 31 heavy (non-hydrogen) atoms. The van der Waals surface area contributed by atoms with Gasteiger partial charge in [0, 0.05) is 17.3 Å². The first-order valence-corrected chi connectivity index (χ1v) is 10.4. The Kier molecular flexibility index (Phi) is 4.83. The first-order chi connectivity index (χ1) is 15.1. The van der Waals surface area contributed by atoms with Crippen molar-refractivity contribution in [3.63, 3.8) is 0 Å². The van der Waals surface area contributed by atoms with Crippen LogP contribution in [0.4, 0.5) is 5.69 Å². The minimum absolute atomic E-state index is 0.112. The third-order valence-electron chi connectivity index (χ3n) is 4.71. The molecular weight excluding hydrogens is 418 g/mol. The van der Waals surface area contributed by atoms with Crippen LogP contribution in [0.1, 0.15) is 5.56 Å². The number of fused-ring (bicyclic) bond motifs is 2. The molecule has 1 aliphatic rings. The van der Waals surface area contributed by atoms with Crippen molar-refractivity contribution >= 4 is 29.0 Å². The molecule has 1 amide bonds. The van der Waals surface area contributed by atoms with Gasteiger partial charge in [0.1, 0.15) is 0 Å². The Bertz CT molecular complexity index is 1360. The third kappa shape index (κ3) is 3.84. The number of H-pyrrole nitrogens is 1. The molecule has 4 aromatic rings. The minimum atomic E-state index is -0.302. The lowest BCUT2D eigenvalue weighted by Crippen LogP contribution is -2.15. The highest BCUT2D eigenvalue weighted by molar-refractivity contribution is 7.99. The summed E-state index contributed by atoms with van der Waals surface area (Å²) in [4.78, 5) is 33.4. The van der Waals surface area contributed by atoms with E-state index in [4.69, 9.17) is 9.47 Å². The Morgan fingerprint density at radius 1 is 1.16 bits per heavy atom. The van der Waals surface area contributed by atoms with Crippen molar-refractivity contribution in [2.75, 3.05) is 17.9 Å². The van der Waals surface area contributed by atoms with Gasteiger partial charge in [0.2, 0.25) is 12.7 Å². The maximum atomic E-state index is 12.5. The number of aromatic nitrogens is 4. The molecule has 3 heterocycles. The van der Waals surface area contributed by atoms with Gasteiger partial charge in [-0.3, -0.25) is 14.7 Å². The Morgan fingerprint density at radius 3 is 2.87 bits per heavy atom. The number of rotatable bonds is 5. The average Bonchev–Trinajstić information content (AvgIpc) is 3.38. The highest BCUT2D eigenvalue weighted by Crippen LogP contribution is 2.35. The van der Waals surface area contributed by atoms with Crippen molar-refractivity contribution in [2.24, 2.45) is 0 Å². The van der Waals surface area contributed by atoms with Gasteiger partial charge >= 0.3 is 0 Å². The molecule has 0 radical (unpaired) electrons. The summed E-state index contributed by atoms with van der Waals surface area (Å²) in [6.45, 7) is 2.10. The van der Waals surface area contributed by atoms with Gasteiger partial charge in [-0.15, -0.1) is 0 Å². The number of hydrogen-bond donors (Lipinski definition) is 2. The smallest absolute Gasteiger partial charge is 0.266 e. The van der Waals surface area contributed by atoms with Crippen LogP contribution in [-0.2, 0) is 4.79 Å². The van der Waals surface area contributed by atoms with Crippen LogP contribution in [0.2, 0.25) is 0 Å². The zero-order valence-corrected chi connectivity index (χ0v) is 17.2. The van der Waals surface area contributed by atoms with Crippen molar-refractivity contribution in [1.29, 1.82) is 0 Å². The number of hydrogen-bond acceptors (Lipinski definition) is 7. The highest BCUT2D eigenvalue weighted by Gasteiger charge is 2.17. The molecule has 0 aliphatic carbocycles. The Morgan fingerprint density at radius 2 is 2.00 bits per heavy atom. The topological polar surface area (TPSA) is 111 Å². The molecule has 156 valence electrons. The van der Waals surface area contributed by atoms with Gasteiger partial charge in [0.25, 0.3) is 5.56 Å². The van der Waals surface area contributed by atoms with Crippen LogP contribution in [0, 0.1) is 6.92 Å². The normalized spacial score (nSPS) is 12.3. The van der Waals surface area contributed by atoms with E-state index in [1.807, 2.05) is 37.3 Å². The molecule has 1 aliphatic heterocycles. The highest BCUT2D eigenvalue weighted by atomic mass is 32.2. The van der Waals surface area contributed by atoms with Gasteiger partial charge in [0.15, 0.2) is 28.1 Å². The summed E-state index contributed by atoms with van der Waals surface area (Å²) < 4.78 is 12.3. The van der Waals surface area contributed by atoms with Crippen molar-refractivity contribution in [3.8, 4) is 22.9 Å². The SMILES string of the molecule is Cc1ccccc1NC(=O)CSc1nc(-c2ccc3c(c2)OCO3)nc2cc(=O)[nH]n12. The molecule has 0 bridgehead atoms. The number of carbonyl (C=O) groups is 1. The lowest BCUT2D eigenvalue weighted by atomic mass is 10.2. The summed E-state index contributed by atoms with van der Waals surface area (Å²) >= 11 is 1.20. The summed E-state index contributed by atoms with van der Waals surface area (Å²) in [7, 11) is 0. The van der Waals surface area contributed by atoms with Crippen molar-refractivity contribution in [3.05, 3.63) is 64.4 Å². The number of amides is 1. The van der Waals surface area contributed by atoms with E-state index in [1.165, 1.54) is 22.3 Å². The molecule has 2 N–H and O–H groups in total. The van der Waals surface area contributed by atoms with Crippen molar-refractivity contribution in [2.45, 2.75) is 12.1 Å². The number of aryl methyl sites for hydroxylation is 1. The van der Waals surface area contributed by atoms with Gasteiger partial charge in [-0.1, -0.05) is 30.0 Å². The summed E-state index contributed by atoms with van der Waals surface area (Å²) in [5, 5.41) is 6.01. The Hall–Kier alpha value is -3.79. The molecule has 2 aromatic heterocycles. The van der Waals surface area contributed by atoms with Gasteiger partial charge in [-0.25, -0.2) is 14.5 Å². The number of nitrogens with zero attached hydrogens (tertiary/aromatic N) is 3. The molecule has 0 atom stereocenters. The molecule has 2 aromatic carbocycles. The average molecular weight is 435 g/mol. The lowest BCUT2D eigenvalue weighted by Gasteiger charge is -2.09. The van der Waals surface area contributed by atoms with Crippen LogP contribution in [-0.4, -0.2) is 38.0 Å². The zero-order valence-electron chi connectivity index (χ0n) is 16.4. The fraction of sp³-hybridized carbons (Fsp3) is 0.143. The summed E-state index contributed by atoms with van der Waals surface area (Å²) in [6.07, 6.45) is 0. The Balaban J connectivity index is 1.43. The lowest BCUT2D eigenvalue weighted by molar-refractivity contribution is -0.113. The van der Waals surface area contributed by atoms with Gasteiger partial charge in [-0.05, 0) is 36.8 Å². The van der Waals surface area contributed by atoms with E-state index in [9.17, 15) is 9.59 Å². The summed E-state index contributed by atoms with van der Waals surface area (Å²) in [5.74, 6) is 1.62. The Labute approximate surface area is 180 Å². The maximum absolute atomic E-state index is 12.5. The number of aromatic amines is 1. The number of nitrogens with one attached hydrogen (secondary N) is 2. The molecule has 0 saturated heterocycles. The maximum Gasteiger partial charge on any atom is 0.266 e. The first-order valence-electron chi connectivity index (χ1n) is 9.45. The number of benzene rings is 2. The predicted octanol–water partition coefficient (Wildman–Crippen LogP) is 2.85. The molecule has 5 rings (SSSR count). The fourth-order valence-electron chi connectivity index (χ4n) is 3.17. The first kappa shape index (κ1) is 19.2. The molecule has 10 heteroatoms. The van der Waals surface area contributed by atoms with E-state index in [0.29, 0.717) is 33.7 Å². The molecular formula is C21H17N5O4S. The number of carbonyl (C=O) groups excluding carboxylic acids is 1. The zero-order chi connectivity index (χ0) is 21.4. The molecule has 0 unspecified atom stereocenters. The van der Waals surface area contributed by atoms with Crippen LogP contribution in [0.5, 0.6) is 11.5 Å². The van der Waals surface area contributed by atoms with E-state index in [0.717, 1.165) is 11.3 Å². The van der Waals surface area contributed by atoms with E-state index >= 15 is 0 Å². The largest absolute Gasteiger partial charge is 0.454 e. The quantitative estimate of drug-likeness (QED) is 0.464. The third-order valence-corrected chi connectivity index (χ3v) is 5.65. The van der Waals surface area contributed by atoms with E-state index in [1.54, 1.807) is 12.1 Å². The fourth-order valence-corrected chi connectivity index (χ4v) is 3.93. The van der Waals surface area contributed by atoms with Crippen LogP contribution >= 0.6 is 11.8 Å². The second kappa shape index (κ2) is 7.80. The number of ether oxygens (including phenoxy) is 2. The molecule has 9 nitrogen and oxygen atoms in total.